The average Bonchev–Trinajstić information content (AvgIpc) is 1.78. The Morgan fingerprint density at radius 1 is 0.485 bits per heavy atom. The number of ketones is 1. The fourth-order valence-electron chi connectivity index (χ4n) is 8.47. The lowest BCUT2D eigenvalue weighted by molar-refractivity contribution is -0.164. The van der Waals surface area contributed by atoms with Gasteiger partial charge >= 0.3 is 60.4 Å². The zero-order valence-corrected chi connectivity index (χ0v) is 61.0. The molecule has 2 aromatic rings. The monoisotopic (exact) mass is 1510 g/mol. The molecule has 4 aliphatic rings. The highest BCUT2D eigenvalue weighted by Gasteiger charge is 2.41. The molecule has 4 saturated heterocycles. The van der Waals surface area contributed by atoms with E-state index in [1.807, 2.05) is 38.1 Å². The molecule has 554 valence electrons. The highest BCUT2D eigenvalue weighted by Crippen LogP contribution is 2.31. The normalized spacial score (nSPS) is 17.7. The molecule has 0 bridgehead atoms. The molecule has 4 fully saturated rings. The third-order valence-electron chi connectivity index (χ3n) is 14.8. The number of thiol groups is 3. The van der Waals surface area contributed by atoms with Crippen LogP contribution in [0.25, 0.3) is 0 Å². The second kappa shape index (κ2) is 50.2. The number of methoxy groups -OCH3 is 1. The molecule has 5 unspecified atom stereocenters. The summed E-state index contributed by atoms with van der Waals surface area (Å²) in [5, 5.41) is 9.72. The minimum atomic E-state index is -1.34. The van der Waals surface area contributed by atoms with Crippen LogP contribution in [0.15, 0.2) is 73.3 Å². The van der Waals surface area contributed by atoms with Gasteiger partial charge in [-0.15, -0.1) is 0 Å². The number of thioether (sulfide) groups is 3. The molecule has 0 aromatic heterocycles. The molecule has 33 heteroatoms. The topological polar surface area (TPSA) is 346 Å². The van der Waals surface area contributed by atoms with Crippen LogP contribution in [0.1, 0.15) is 100 Å². The van der Waals surface area contributed by atoms with Crippen molar-refractivity contribution in [1.82, 2.24) is 0 Å². The SMILES string of the molecule is C=CC1COC(=O)O1.CCC(COC(=O)CCS)(COC(=O)CCS)COC(=O)CCS.CCC(COC(=O)CCSCCC1COC(=O)O1)(COC(=O)CCSCCC1COC(=O)O1)COC(=O)CCSCCC1COC(=O)O1.COC(CO)(C(=O)c1ccccc1)c1ccccc1. The molecule has 2 aromatic carbocycles. The summed E-state index contributed by atoms with van der Waals surface area (Å²) in [6.07, 6.45) is 1.66. The fraction of sp³-hybridized carbons (Fsp3) is 0.621. The van der Waals surface area contributed by atoms with Crippen molar-refractivity contribution in [3.05, 3.63) is 84.4 Å². The molecule has 0 radical (unpaired) electrons. The van der Waals surface area contributed by atoms with Crippen molar-refractivity contribution < 1.29 is 129 Å². The molecular formula is C66H92O27S6. The van der Waals surface area contributed by atoms with E-state index < -0.39 is 83.5 Å². The molecule has 1 N–H and O–H groups in total. The maximum absolute atomic E-state index is 12.6. The highest BCUT2D eigenvalue weighted by molar-refractivity contribution is 7.99. The third-order valence-corrected chi connectivity index (χ3v) is 18.6. The number of aliphatic hydroxyl groups is 1. The summed E-state index contributed by atoms with van der Waals surface area (Å²) in [6.45, 7) is 7.42. The van der Waals surface area contributed by atoms with Gasteiger partial charge in [-0.3, -0.25) is 33.6 Å². The zero-order valence-electron chi connectivity index (χ0n) is 55.9. The Hall–Kier alpha value is -6.23. The maximum atomic E-state index is 12.6. The molecule has 0 spiro atoms. The van der Waals surface area contributed by atoms with Crippen molar-refractivity contribution >= 4 is 139 Å². The quantitative estimate of drug-likeness (QED) is 0.0120. The van der Waals surface area contributed by atoms with E-state index in [1.165, 1.54) is 48.5 Å². The van der Waals surface area contributed by atoms with Gasteiger partial charge in [0.15, 0.2) is 11.7 Å². The molecule has 0 saturated carbocycles. The van der Waals surface area contributed by atoms with E-state index in [2.05, 4.69) is 53.9 Å². The van der Waals surface area contributed by atoms with Crippen molar-refractivity contribution in [3.63, 3.8) is 0 Å². The van der Waals surface area contributed by atoms with Gasteiger partial charge in [-0.25, -0.2) is 19.2 Å². The lowest BCUT2D eigenvalue weighted by Crippen LogP contribution is -2.41. The Bertz CT molecular complexity index is 2610. The smallest absolute Gasteiger partial charge is 0.465 e. The molecule has 5 atom stereocenters. The summed E-state index contributed by atoms with van der Waals surface area (Å²) < 4.78 is 76.0. The Kier molecular flexibility index (Phi) is 44.1. The Labute approximate surface area is 606 Å². The molecule has 0 aliphatic carbocycles. The molecular weight excluding hydrogens is 1420 g/mol. The second-order valence-electron chi connectivity index (χ2n) is 22.2. The molecule has 99 heavy (non-hydrogen) atoms. The minimum Gasteiger partial charge on any atom is -0.465 e. The first-order valence-corrected chi connectivity index (χ1v) is 37.3. The van der Waals surface area contributed by atoms with Gasteiger partial charge in [-0.1, -0.05) is 81.1 Å². The highest BCUT2D eigenvalue weighted by atomic mass is 32.2. The number of cyclic esters (lactones) is 8. The molecule has 6 rings (SSSR count). The third kappa shape index (κ3) is 35.3. The number of benzene rings is 2. The number of carbonyl (C=O) groups excluding carboxylic acids is 11. The summed E-state index contributed by atoms with van der Waals surface area (Å²) >= 11 is 16.5. The van der Waals surface area contributed by atoms with Crippen LogP contribution < -0.4 is 0 Å². The van der Waals surface area contributed by atoms with E-state index in [-0.39, 0.29) is 128 Å². The maximum Gasteiger partial charge on any atom is 0.509 e. The van der Waals surface area contributed by atoms with Crippen LogP contribution in [-0.2, 0) is 105 Å². The minimum absolute atomic E-state index is 0.00157. The second-order valence-corrected chi connectivity index (χ2v) is 27.2. The van der Waals surface area contributed by atoms with Crippen molar-refractivity contribution in [1.29, 1.82) is 0 Å². The van der Waals surface area contributed by atoms with Crippen LogP contribution in [-0.4, -0.2) is 227 Å². The number of ether oxygens (including phenoxy) is 15. The van der Waals surface area contributed by atoms with E-state index >= 15 is 0 Å². The molecule has 4 aliphatic heterocycles. The molecule has 27 nitrogen and oxygen atoms in total. The number of aliphatic hydroxyl groups excluding tert-OH is 1. The first-order valence-electron chi connectivity index (χ1n) is 31.9. The number of rotatable bonds is 44. The summed E-state index contributed by atoms with van der Waals surface area (Å²) in [5.41, 5.74) is -1.89. The van der Waals surface area contributed by atoms with Crippen LogP contribution >= 0.6 is 73.2 Å². The van der Waals surface area contributed by atoms with E-state index in [0.29, 0.717) is 102 Å². The fourth-order valence-corrected chi connectivity index (χ4v) is 11.8. The van der Waals surface area contributed by atoms with Gasteiger partial charge in [0.25, 0.3) is 0 Å². The number of carbonyl (C=O) groups is 11. The van der Waals surface area contributed by atoms with Gasteiger partial charge in [0.05, 0.1) is 56.0 Å². The van der Waals surface area contributed by atoms with E-state index in [1.54, 1.807) is 36.4 Å². The van der Waals surface area contributed by atoms with E-state index in [0.717, 1.165) is 0 Å². The van der Waals surface area contributed by atoms with Crippen molar-refractivity contribution in [2.75, 3.05) is 132 Å². The average molecular weight is 1510 g/mol. The van der Waals surface area contributed by atoms with Crippen LogP contribution in [0.2, 0.25) is 0 Å². The zero-order chi connectivity index (χ0) is 72.7. The van der Waals surface area contributed by atoms with Crippen molar-refractivity contribution in [2.24, 2.45) is 10.8 Å². The predicted octanol–water partition coefficient (Wildman–Crippen LogP) is 9.24. The Morgan fingerprint density at radius 2 is 0.798 bits per heavy atom. The van der Waals surface area contributed by atoms with E-state index in [4.69, 9.17) is 61.6 Å². The number of hydrogen-bond donors (Lipinski definition) is 4. The molecule has 0 amide bonds. The van der Waals surface area contributed by atoms with Gasteiger partial charge in [-0.2, -0.15) is 73.2 Å². The Morgan fingerprint density at radius 3 is 1.05 bits per heavy atom. The number of hydrogen-bond acceptors (Lipinski definition) is 33. The van der Waals surface area contributed by atoms with Crippen LogP contribution in [0, 0.1) is 10.8 Å². The van der Waals surface area contributed by atoms with Gasteiger partial charge in [0.2, 0.25) is 5.78 Å². The summed E-state index contributed by atoms with van der Waals surface area (Å²) in [4.78, 5) is 128. The van der Waals surface area contributed by atoms with Gasteiger partial charge in [0.1, 0.15) is 84.4 Å². The predicted molar refractivity (Wildman–Crippen MR) is 374 cm³/mol. The van der Waals surface area contributed by atoms with Gasteiger partial charge in [-0.05, 0) is 61.0 Å². The summed E-state index contributed by atoms with van der Waals surface area (Å²) in [5.74, 6) is 1.97. The van der Waals surface area contributed by atoms with Crippen LogP contribution in [0.4, 0.5) is 19.2 Å². The molecule has 4 heterocycles. The summed E-state index contributed by atoms with van der Waals surface area (Å²) in [7, 11) is 1.43. The number of Topliss-reactive ketones (excluding diaryl/α,β-unsaturated/α-hetero) is 1. The van der Waals surface area contributed by atoms with E-state index in [9.17, 15) is 57.8 Å². The van der Waals surface area contributed by atoms with Gasteiger partial charge in [0, 0.05) is 47.2 Å². The van der Waals surface area contributed by atoms with Crippen molar-refractivity contribution in [3.8, 4) is 0 Å². The first-order chi connectivity index (χ1) is 47.7. The van der Waals surface area contributed by atoms with Crippen molar-refractivity contribution in [2.45, 2.75) is 114 Å². The van der Waals surface area contributed by atoms with Crippen LogP contribution in [0.3, 0.4) is 0 Å². The van der Waals surface area contributed by atoms with Crippen LogP contribution in [0.5, 0.6) is 0 Å². The number of esters is 6. The standard InChI is InChI=1S/C30H44O15S3.C16H16O3.C15H26O6S3.C5H6O3/c1-2-30(18-40-24(31)6-12-46-9-3-21-15-37-27(34)43-21,19-41-25(32)7-13-47-10-4-22-16-38-28(35)44-22)20-42-26(33)8-14-48-11-5-23-17-39-29(36)45-23;1-19-16(12-17,14-10-6-3-7-11-14)15(18)13-8-4-2-5-9-13;1-2-15(9-19-12(16)3-6-22,10-20-13(17)4-7-23)11-21-14(18)5-8-24;1-2-4-3-7-5(6)8-4/h21-23H,2-20H2,1H3;2-11,17H,12H2,1H3;22-24H,2-11H2,1H3;2,4H,1,3H2. The summed E-state index contributed by atoms with van der Waals surface area (Å²) in [6, 6.07) is 17.9. The lowest BCUT2D eigenvalue weighted by Gasteiger charge is -2.31. The first kappa shape index (κ1) is 87.0. The largest absolute Gasteiger partial charge is 0.509 e. The van der Waals surface area contributed by atoms with Gasteiger partial charge < -0.3 is 76.2 Å². The lowest BCUT2D eigenvalue weighted by atomic mass is 9.86. The Balaban J connectivity index is 0.000000410.